The van der Waals surface area contributed by atoms with Gasteiger partial charge in [0, 0.05) is 36.7 Å². The summed E-state index contributed by atoms with van der Waals surface area (Å²) in [5.41, 5.74) is 4.60. The van der Waals surface area contributed by atoms with Crippen molar-refractivity contribution in [3.05, 3.63) is 29.7 Å². The van der Waals surface area contributed by atoms with Crippen LogP contribution in [0.4, 0.5) is 0 Å². The molecule has 0 saturated heterocycles. The molecule has 0 aromatic carbocycles. The van der Waals surface area contributed by atoms with Crippen LogP contribution in [-0.2, 0) is 13.6 Å². The van der Waals surface area contributed by atoms with Gasteiger partial charge in [0.25, 0.3) is 0 Å². The van der Waals surface area contributed by atoms with Gasteiger partial charge in [-0.15, -0.1) is 0 Å². The lowest BCUT2D eigenvalue weighted by Gasteiger charge is -2.00. The molecule has 0 saturated carbocycles. The number of nitrogens with one attached hydrogen (secondary N) is 2. The number of rotatable bonds is 3. The number of hydrogen-bond acceptors (Lipinski definition) is 2. The molecule has 0 aliphatic rings. The maximum atomic E-state index is 4.49. The number of hydrogen-bond donors (Lipinski definition) is 2. The summed E-state index contributed by atoms with van der Waals surface area (Å²) in [6.07, 6.45) is 1.94. The predicted octanol–water partition coefficient (Wildman–Crippen LogP) is 1.44. The van der Waals surface area contributed by atoms with E-state index in [4.69, 9.17) is 0 Å². The fraction of sp³-hybridized carbons (Fsp3) is 0.364. The fourth-order valence-corrected chi connectivity index (χ4v) is 1.80. The molecule has 2 heterocycles. The van der Waals surface area contributed by atoms with E-state index in [1.165, 1.54) is 11.3 Å². The van der Waals surface area contributed by atoms with Gasteiger partial charge in [0.15, 0.2) is 0 Å². The van der Waals surface area contributed by atoms with E-state index in [1.54, 1.807) is 0 Å². The van der Waals surface area contributed by atoms with Gasteiger partial charge < -0.3 is 10.3 Å². The zero-order valence-corrected chi connectivity index (χ0v) is 9.33. The molecule has 0 aliphatic carbocycles. The van der Waals surface area contributed by atoms with Crippen LogP contribution in [-0.4, -0.2) is 21.8 Å². The minimum absolute atomic E-state index is 0.788. The molecule has 0 unspecified atom stereocenters. The number of nitrogens with zero attached hydrogens (tertiary/aromatic N) is 2. The van der Waals surface area contributed by atoms with Crippen molar-refractivity contribution in [1.29, 1.82) is 0 Å². The minimum Gasteiger partial charge on any atom is -0.361 e. The third kappa shape index (κ3) is 1.68. The van der Waals surface area contributed by atoms with E-state index < -0.39 is 0 Å². The molecular formula is C11H16N4. The maximum Gasteiger partial charge on any atom is 0.0858 e. The Morgan fingerprint density at radius 1 is 1.53 bits per heavy atom. The molecule has 2 aromatic heterocycles. The molecular weight excluding hydrogens is 188 g/mol. The van der Waals surface area contributed by atoms with Gasteiger partial charge >= 0.3 is 0 Å². The molecule has 80 valence electrons. The summed E-state index contributed by atoms with van der Waals surface area (Å²) in [4.78, 5) is 3.23. The average molecular weight is 204 g/mol. The Bertz CT molecular complexity index is 439. The molecule has 0 spiro atoms. The Labute approximate surface area is 89.3 Å². The van der Waals surface area contributed by atoms with Crippen molar-refractivity contribution in [2.24, 2.45) is 7.05 Å². The molecule has 0 amide bonds. The number of aromatic nitrogens is 3. The summed E-state index contributed by atoms with van der Waals surface area (Å²) in [5, 5.41) is 7.63. The molecule has 4 heteroatoms. The Kier molecular flexibility index (Phi) is 2.60. The third-order valence-corrected chi connectivity index (χ3v) is 2.62. The maximum absolute atomic E-state index is 4.49. The highest BCUT2D eigenvalue weighted by Gasteiger charge is 2.14. The fourth-order valence-electron chi connectivity index (χ4n) is 1.80. The van der Waals surface area contributed by atoms with E-state index in [9.17, 15) is 0 Å². The molecule has 0 bridgehead atoms. The molecule has 2 aromatic rings. The van der Waals surface area contributed by atoms with Crippen LogP contribution < -0.4 is 5.32 Å². The van der Waals surface area contributed by atoms with Crippen molar-refractivity contribution < 1.29 is 0 Å². The van der Waals surface area contributed by atoms with E-state index in [0.29, 0.717) is 0 Å². The number of aromatic amines is 1. The molecule has 0 atom stereocenters. The molecule has 2 N–H and O–H groups in total. The number of aryl methyl sites for hydroxylation is 1. The van der Waals surface area contributed by atoms with Gasteiger partial charge in [-0.1, -0.05) is 0 Å². The molecule has 15 heavy (non-hydrogen) atoms. The summed E-state index contributed by atoms with van der Waals surface area (Å²) in [7, 11) is 3.91. The summed E-state index contributed by atoms with van der Waals surface area (Å²) in [5.74, 6) is 0. The quantitative estimate of drug-likeness (QED) is 0.794. The Morgan fingerprint density at radius 2 is 2.33 bits per heavy atom. The van der Waals surface area contributed by atoms with Crippen molar-refractivity contribution in [2.75, 3.05) is 7.05 Å². The zero-order valence-electron chi connectivity index (χ0n) is 9.33. The van der Waals surface area contributed by atoms with Crippen molar-refractivity contribution in [3.8, 4) is 11.3 Å². The summed E-state index contributed by atoms with van der Waals surface area (Å²) < 4.78 is 1.92. The van der Waals surface area contributed by atoms with Gasteiger partial charge in [-0.05, 0) is 26.1 Å². The van der Waals surface area contributed by atoms with Crippen LogP contribution in [0.15, 0.2) is 18.3 Å². The van der Waals surface area contributed by atoms with Crippen LogP contribution in [0.25, 0.3) is 11.3 Å². The second-order valence-electron chi connectivity index (χ2n) is 3.64. The molecule has 2 rings (SSSR count). The molecule has 0 aliphatic heterocycles. The topological polar surface area (TPSA) is 45.6 Å². The number of H-pyrrole nitrogens is 1. The van der Waals surface area contributed by atoms with E-state index in [0.717, 1.165) is 17.9 Å². The Morgan fingerprint density at radius 3 is 2.93 bits per heavy atom. The standard InChI is InChI=1S/C11H16N4/c1-8-11(9-5-4-6-13-9)10(7-12-2)14-15(8)3/h4-6,12-13H,7H2,1-3H3. The largest absolute Gasteiger partial charge is 0.361 e. The van der Waals surface area contributed by atoms with Crippen LogP contribution in [0.3, 0.4) is 0 Å². The minimum atomic E-state index is 0.788. The van der Waals surface area contributed by atoms with E-state index in [1.807, 2.05) is 31.0 Å². The molecule has 0 fully saturated rings. The van der Waals surface area contributed by atoms with Gasteiger partial charge in [0.1, 0.15) is 0 Å². The van der Waals surface area contributed by atoms with Crippen LogP contribution in [0.5, 0.6) is 0 Å². The first-order valence-corrected chi connectivity index (χ1v) is 5.05. The highest BCUT2D eigenvalue weighted by Crippen LogP contribution is 2.25. The summed E-state index contributed by atoms with van der Waals surface area (Å²) in [6.45, 7) is 2.87. The van der Waals surface area contributed by atoms with Gasteiger partial charge in [-0.3, -0.25) is 4.68 Å². The average Bonchev–Trinajstić information content (AvgIpc) is 2.78. The molecule has 0 radical (unpaired) electrons. The monoisotopic (exact) mass is 204 g/mol. The van der Waals surface area contributed by atoms with Crippen LogP contribution >= 0.6 is 0 Å². The van der Waals surface area contributed by atoms with Gasteiger partial charge in [0.05, 0.1) is 5.69 Å². The highest BCUT2D eigenvalue weighted by molar-refractivity contribution is 5.65. The van der Waals surface area contributed by atoms with Crippen molar-refractivity contribution >= 4 is 0 Å². The molecule has 4 nitrogen and oxygen atoms in total. The van der Waals surface area contributed by atoms with Gasteiger partial charge in [-0.25, -0.2) is 0 Å². The highest BCUT2D eigenvalue weighted by atomic mass is 15.3. The smallest absolute Gasteiger partial charge is 0.0858 e. The van der Waals surface area contributed by atoms with E-state index in [-0.39, 0.29) is 0 Å². The second kappa shape index (κ2) is 3.90. The Hall–Kier alpha value is -1.55. The van der Waals surface area contributed by atoms with Crippen molar-refractivity contribution in [1.82, 2.24) is 20.1 Å². The lowest BCUT2D eigenvalue weighted by atomic mass is 10.1. The van der Waals surface area contributed by atoms with Gasteiger partial charge in [-0.2, -0.15) is 5.10 Å². The Balaban J connectivity index is 2.53. The van der Waals surface area contributed by atoms with Crippen LogP contribution in [0.1, 0.15) is 11.4 Å². The first kappa shape index (κ1) is 9.98. The zero-order chi connectivity index (χ0) is 10.8. The van der Waals surface area contributed by atoms with Crippen LogP contribution in [0, 0.1) is 6.92 Å². The second-order valence-corrected chi connectivity index (χ2v) is 3.64. The first-order chi connectivity index (χ1) is 7.24. The van der Waals surface area contributed by atoms with E-state index in [2.05, 4.69) is 28.4 Å². The third-order valence-electron chi connectivity index (χ3n) is 2.62. The normalized spacial score (nSPS) is 10.9. The van der Waals surface area contributed by atoms with Crippen molar-refractivity contribution in [3.63, 3.8) is 0 Å². The summed E-state index contributed by atoms with van der Waals surface area (Å²) >= 11 is 0. The SMILES string of the molecule is CNCc1nn(C)c(C)c1-c1ccc[nH]1. The lowest BCUT2D eigenvalue weighted by Crippen LogP contribution is -2.07. The van der Waals surface area contributed by atoms with Crippen LogP contribution in [0.2, 0.25) is 0 Å². The van der Waals surface area contributed by atoms with Crippen molar-refractivity contribution in [2.45, 2.75) is 13.5 Å². The van der Waals surface area contributed by atoms with E-state index >= 15 is 0 Å². The predicted molar refractivity (Wildman–Crippen MR) is 60.5 cm³/mol. The lowest BCUT2D eigenvalue weighted by molar-refractivity contribution is 0.698. The summed E-state index contributed by atoms with van der Waals surface area (Å²) in [6, 6.07) is 4.08. The van der Waals surface area contributed by atoms with Gasteiger partial charge in [0.2, 0.25) is 0 Å². The first-order valence-electron chi connectivity index (χ1n) is 5.05.